The second-order valence-electron chi connectivity index (χ2n) is 22.4. The number of carbonyl (C=O) groups is 1. The van der Waals surface area contributed by atoms with Gasteiger partial charge in [-0.05, 0) is 110 Å². The van der Waals surface area contributed by atoms with E-state index >= 15 is 0 Å². The van der Waals surface area contributed by atoms with Gasteiger partial charge < -0.3 is 19.2 Å². The molecule has 0 heterocycles. The molecule has 350 valence electrons. The molecule has 3 fully saturated rings. The molecule has 60 heavy (non-hydrogen) atoms. The quantitative estimate of drug-likeness (QED) is 0.0254. The second-order valence-corrected chi connectivity index (χ2v) is 23.8. The van der Waals surface area contributed by atoms with Gasteiger partial charge in [0.25, 0.3) is 0 Å². The van der Waals surface area contributed by atoms with E-state index in [1.807, 2.05) is 21.1 Å². The van der Waals surface area contributed by atoms with E-state index in [4.69, 9.17) is 13.8 Å². The van der Waals surface area contributed by atoms with Crippen molar-refractivity contribution in [3.05, 3.63) is 11.6 Å². The number of rotatable bonds is 29. The zero-order valence-corrected chi connectivity index (χ0v) is 41.3. The summed E-state index contributed by atoms with van der Waals surface area (Å²) in [5, 5.41) is 10.7. The van der Waals surface area contributed by atoms with Crippen LogP contribution in [-0.2, 0) is 23.1 Å². The van der Waals surface area contributed by atoms with Gasteiger partial charge in [-0.2, -0.15) is 0 Å². The summed E-state index contributed by atoms with van der Waals surface area (Å²) in [5.74, 6) is 3.95. The zero-order valence-electron chi connectivity index (χ0n) is 40.4. The molecule has 0 saturated heterocycles. The third kappa shape index (κ3) is 15.2. The minimum absolute atomic E-state index is 0.0568. The standard InChI is InChI=1S/C51H94NO7P/c1-10-11-12-13-14-15-16-17-18-19-20-21-22-26-48(54)58-47(38-53)49(59-60(55,56)57-36-35-52(7,8)9)41-31-33-50(5)42(37-41)27-28-43-45-30-29-44(40(4)25-23-24-39(2)3)51(45,6)34-32-46(43)50/h27,39-41,43-47,49,53H,10-26,28-38H2,1-9H3/p+1/t40-,41?,43?,44-,45?,46?,47?,49?,50+,51-/m1/s1. The number of hydrogen-bond donors (Lipinski definition) is 2. The number of aliphatic hydroxyl groups excluding tert-OH is 1. The number of hydrogen-bond acceptors (Lipinski definition) is 6. The van der Waals surface area contributed by atoms with Gasteiger partial charge in [0.05, 0.1) is 27.7 Å². The first-order valence-electron chi connectivity index (χ1n) is 25.4. The molecule has 9 heteroatoms. The molecule has 0 radical (unpaired) electrons. The Morgan fingerprint density at radius 1 is 0.850 bits per heavy atom. The number of phosphoric ester groups is 1. The van der Waals surface area contributed by atoms with E-state index < -0.39 is 26.6 Å². The van der Waals surface area contributed by atoms with E-state index in [0.717, 1.165) is 62.2 Å². The maximum atomic E-state index is 13.6. The molecule has 4 rings (SSSR count). The predicted molar refractivity (Wildman–Crippen MR) is 247 cm³/mol. The molecule has 0 aliphatic heterocycles. The number of unbranched alkanes of at least 4 members (excludes halogenated alkanes) is 12. The van der Waals surface area contributed by atoms with Crippen LogP contribution in [0, 0.1) is 52.3 Å². The molecule has 8 nitrogen and oxygen atoms in total. The monoisotopic (exact) mass is 865 g/mol. The number of carbonyl (C=O) groups excluding carboxylic acids is 1. The lowest BCUT2D eigenvalue weighted by Crippen LogP contribution is -2.51. The maximum Gasteiger partial charge on any atom is 0.472 e. The number of allylic oxidation sites excluding steroid dienone is 2. The molecular weight excluding hydrogens is 770 g/mol. The van der Waals surface area contributed by atoms with Gasteiger partial charge in [-0.15, -0.1) is 0 Å². The number of ether oxygens (including phenoxy) is 1. The molecule has 0 bridgehead atoms. The fourth-order valence-corrected chi connectivity index (χ4v) is 13.8. The Hall–Kier alpha value is -0.760. The molecule has 0 spiro atoms. The van der Waals surface area contributed by atoms with E-state index in [2.05, 4.69) is 47.6 Å². The Kier molecular flexibility index (Phi) is 21.2. The van der Waals surface area contributed by atoms with Gasteiger partial charge in [0.2, 0.25) is 0 Å². The third-order valence-corrected chi connectivity index (χ3v) is 17.4. The van der Waals surface area contributed by atoms with Crippen LogP contribution in [0.15, 0.2) is 11.6 Å². The van der Waals surface area contributed by atoms with E-state index in [1.165, 1.54) is 115 Å². The van der Waals surface area contributed by atoms with Crippen LogP contribution in [-0.4, -0.2) is 73.6 Å². The van der Waals surface area contributed by atoms with E-state index in [0.29, 0.717) is 34.7 Å². The largest absolute Gasteiger partial charge is 0.472 e. The molecule has 0 aromatic carbocycles. The number of esters is 1. The van der Waals surface area contributed by atoms with E-state index in [-0.39, 0.29) is 30.3 Å². The molecule has 0 aromatic rings. The van der Waals surface area contributed by atoms with E-state index in [1.54, 1.807) is 0 Å². The van der Waals surface area contributed by atoms with Crippen molar-refractivity contribution in [3.63, 3.8) is 0 Å². The minimum atomic E-state index is -4.52. The number of fused-ring (bicyclic) bond motifs is 5. The second kappa shape index (κ2) is 24.5. The van der Waals surface area contributed by atoms with Crippen LogP contribution in [0.4, 0.5) is 0 Å². The van der Waals surface area contributed by atoms with Gasteiger partial charge >= 0.3 is 13.8 Å². The number of nitrogens with zero attached hydrogens (tertiary/aromatic N) is 1. The molecule has 2 N–H and O–H groups in total. The van der Waals surface area contributed by atoms with Crippen molar-refractivity contribution < 1.29 is 37.6 Å². The Balaban J connectivity index is 1.37. The van der Waals surface area contributed by atoms with Crippen molar-refractivity contribution in [2.75, 3.05) is 40.9 Å². The highest BCUT2D eigenvalue weighted by molar-refractivity contribution is 7.47. The van der Waals surface area contributed by atoms with Gasteiger partial charge in [0, 0.05) is 6.42 Å². The van der Waals surface area contributed by atoms with Crippen molar-refractivity contribution in [1.82, 2.24) is 0 Å². The average molecular weight is 865 g/mol. The van der Waals surface area contributed by atoms with Gasteiger partial charge in [-0.1, -0.05) is 150 Å². The lowest BCUT2D eigenvalue weighted by atomic mass is 9.46. The van der Waals surface area contributed by atoms with Gasteiger partial charge in [-0.3, -0.25) is 13.8 Å². The Morgan fingerprint density at radius 2 is 1.48 bits per heavy atom. The Morgan fingerprint density at radius 3 is 2.08 bits per heavy atom. The molecule has 7 unspecified atom stereocenters. The lowest BCUT2D eigenvalue weighted by Gasteiger charge is -2.59. The summed E-state index contributed by atoms with van der Waals surface area (Å²) in [6, 6.07) is 0. The van der Waals surface area contributed by atoms with Gasteiger partial charge in [-0.25, -0.2) is 4.57 Å². The fourth-order valence-electron chi connectivity index (χ4n) is 12.8. The van der Waals surface area contributed by atoms with Crippen LogP contribution in [0.1, 0.15) is 202 Å². The van der Waals surface area contributed by atoms with Crippen LogP contribution in [0.3, 0.4) is 0 Å². The summed E-state index contributed by atoms with van der Waals surface area (Å²) < 4.78 is 31.7. The van der Waals surface area contributed by atoms with Crippen LogP contribution < -0.4 is 0 Å². The molecule has 3 saturated carbocycles. The van der Waals surface area contributed by atoms with Crippen LogP contribution in [0.2, 0.25) is 0 Å². The zero-order chi connectivity index (χ0) is 44.0. The highest BCUT2D eigenvalue weighted by Gasteiger charge is 2.59. The molecule has 0 aromatic heterocycles. The maximum absolute atomic E-state index is 13.6. The summed E-state index contributed by atoms with van der Waals surface area (Å²) in [5.41, 5.74) is 1.94. The minimum Gasteiger partial charge on any atom is -0.457 e. The smallest absolute Gasteiger partial charge is 0.457 e. The van der Waals surface area contributed by atoms with Crippen molar-refractivity contribution in [3.8, 4) is 0 Å². The number of quaternary nitrogens is 1. The molecule has 0 amide bonds. The van der Waals surface area contributed by atoms with Crippen LogP contribution in [0.5, 0.6) is 0 Å². The summed E-state index contributed by atoms with van der Waals surface area (Å²) in [4.78, 5) is 24.4. The summed E-state index contributed by atoms with van der Waals surface area (Å²) in [6.07, 6.45) is 29.7. The molecule has 11 atom stereocenters. The van der Waals surface area contributed by atoms with Crippen molar-refractivity contribution in [2.45, 2.75) is 214 Å². The predicted octanol–water partition coefficient (Wildman–Crippen LogP) is 13.2. The summed E-state index contributed by atoms with van der Waals surface area (Å²) in [7, 11) is 1.49. The van der Waals surface area contributed by atoms with Gasteiger partial charge in [0.15, 0.2) is 6.10 Å². The van der Waals surface area contributed by atoms with Crippen LogP contribution >= 0.6 is 7.82 Å². The summed E-state index contributed by atoms with van der Waals surface area (Å²) >= 11 is 0. The number of likely N-dealkylation sites (N-methyl/N-ethyl adjacent to an activating group) is 1. The van der Waals surface area contributed by atoms with E-state index in [9.17, 15) is 19.4 Å². The van der Waals surface area contributed by atoms with Crippen LogP contribution in [0.25, 0.3) is 0 Å². The molecule has 4 aliphatic rings. The SMILES string of the molecule is CCCCCCCCCCCCCCCC(=O)OC(CO)C(OP(=O)(O)OCC[N+](C)(C)C)C1CC[C@@]2(C)C(=CCC3C2CC[C@@]2(C)C3CC[C@@H]2[C@H](C)CCCC(C)C)C1. The number of phosphoric acid groups is 1. The Bertz CT molecular complexity index is 1350. The topological polar surface area (TPSA) is 102 Å². The molecular formula is C51H95NO7P+. The van der Waals surface area contributed by atoms with Crippen molar-refractivity contribution in [1.29, 1.82) is 0 Å². The first-order valence-corrected chi connectivity index (χ1v) is 26.9. The Labute approximate surface area is 369 Å². The first-order chi connectivity index (χ1) is 28.4. The third-order valence-electron chi connectivity index (χ3n) is 16.4. The lowest BCUT2D eigenvalue weighted by molar-refractivity contribution is -0.870. The van der Waals surface area contributed by atoms with Crippen molar-refractivity contribution in [2.24, 2.45) is 52.3 Å². The molecule has 4 aliphatic carbocycles. The number of aliphatic hydroxyl groups is 1. The highest BCUT2D eigenvalue weighted by Crippen LogP contribution is 2.68. The average Bonchev–Trinajstić information content (AvgIpc) is 3.54. The normalized spacial score (nSPS) is 30.5. The highest BCUT2D eigenvalue weighted by atomic mass is 31.2. The fraction of sp³-hybridized carbons (Fsp3) is 0.941. The van der Waals surface area contributed by atoms with Gasteiger partial charge in [0.1, 0.15) is 19.3 Å². The van der Waals surface area contributed by atoms with Crippen molar-refractivity contribution >= 4 is 13.8 Å². The first kappa shape index (κ1) is 51.9. The summed E-state index contributed by atoms with van der Waals surface area (Å²) in [6.45, 7) is 14.8.